The van der Waals surface area contributed by atoms with Gasteiger partial charge in [-0.05, 0) is 37.1 Å². The number of carbonyl (C=O) groups is 2. The predicted octanol–water partition coefficient (Wildman–Crippen LogP) is 1.30. The van der Waals surface area contributed by atoms with Crippen molar-refractivity contribution in [1.29, 1.82) is 0 Å². The van der Waals surface area contributed by atoms with E-state index in [1.165, 1.54) is 11.8 Å². The van der Waals surface area contributed by atoms with E-state index in [1.54, 1.807) is 19.2 Å². The molecular formula is C13H15NO4. The number of fused-ring (bicyclic) bond motifs is 1. The highest BCUT2D eigenvalue weighted by Gasteiger charge is 2.31. The number of hydrogen-bond acceptors (Lipinski definition) is 3. The molecule has 1 unspecified atom stereocenters. The summed E-state index contributed by atoms with van der Waals surface area (Å²) in [4.78, 5) is 24.4. The third kappa shape index (κ3) is 2.03. The molecule has 0 bridgehead atoms. The van der Waals surface area contributed by atoms with Crippen LogP contribution in [-0.2, 0) is 16.0 Å². The highest BCUT2D eigenvalue weighted by atomic mass is 16.5. The minimum atomic E-state index is -1.10. The van der Waals surface area contributed by atoms with E-state index in [1.807, 2.05) is 6.07 Å². The fourth-order valence-corrected chi connectivity index (χ4v) is 2.07. The number of ether oxygens (including phenoxy) is 1. The summed E-state index contributed by atoms with van der Waals surface area (Å²) in [6, 6.07) is 5.46. The first-order chi connectivity index (χ1) is 8.54. The van der Waals surface area contributed by atoms with Gasteiger partial charge in [0, 0.05) is 12.2 Å². The number of rotatable bonds is 3. The molecule has 2 rings (SSSR count). The van der Waals surface area contributed by atoms with Crippen molar-refractivity contribution in [1.82, 2.24) is 0 Å². The second-order valence-corrected chi connectivity index (χ2v) is 4.29. The lowest BCUT2D eigenvalue weighted by atomic mass is 10.1. The van der Waals surface area contributed by atoms with Crippen LogP contribution in [0.5, 0.6) is 5.75 Å². The van der Waals surface area contributed by atoms with Crippen LogP contribution in [0.15, 0.2) is 18.2 Å². The first-order valence-corrected chi connectivity index (χ1v) is 5.75. The number of hydrogen-bond donors (Lipinski definition) is 1. The van der Waals surface area contributed by atoms with E-state index in [2.05, 4.69) is 0 Å². The Bertz CT molecular complexity index is 498. The van der Waals surface area contributed by atoms with Gasteiger partial charge in [-0.3, -0.25) is 9.59 Å². The summed E-state index contributed by atoms with van der Waals surface area (Å²) >= 11 is 0. The molecule has 96 valence electrons. The first-order valence-electron chi connectivity index (χ1n) is 5.75. The molecule has 0 saturated carbocycles. The Labute approximate surface area is 105 Å². The van der Waals surface area contributed by atoms with Crippen LogP contribution in [0.25, 0.3) is 0 Å². The van der Waals surface area contributed by atoms with E-state index < -0.39 is 11.9 Å². The van der Waals surface area contributed by atoms with Crippen LogP contribution in [-0.4, -0.2) is 30.6 Å². The molecule has 0 fully saturated rings. The van der Waals surface area contributed by atoms with Gasteiger partial charge < -0.3 is 14.7 Å². The number of nitrogens with zero attached hydrogens (tertiary/aromatic N) is 1. The van der Waals surface area contributed by atoms with Crippen molar-refractivity contribution < 1.29 is 19.4 Å². The molecule has 0 aromatic heterocycles. The lowest BCUT2D eigenvalue weighted by molar-refractivity contribution is -0.145. The van der Waals surface area contributed by atoms with Crippen LogP contribution in [0, 0.1) is 5.92 Å². The molecule has 0 saturated heterocycles. The predicted molar refractivity (Wildman–Crippen MR) is 65.9 cm³/mol. The molecular weight excluding hydrogens is 234 g/mol. The molecule has 1 N–H and O–H groups in total. The van der Waals surface area contributed by atoms with E-state index in [-0.39, 0.29) is 5.91 Å². The van der Waals surface area contributed by atoms with Crippen molar-refractivity contribution in [3.63, 3.8) is 0 Å². The van der Waals surface area contributed by atoms with Crippen molar-refractivity contribution in [2.75, 3.05) is 18.6 Å². The lowest BCUT2D eigenvalue weighted by Crippen LogP contribution is -2.37. The number of anilines is 1. The topological polar surface area (TPSA) is 66.8 Å². The van der Waals surface area contributed by atoms with Gasteiger partial charge >= 0.3 is 5.97 Å². The summed E-state index contributed by atoms with van der Waals surface area (Å²) in [5, 5.41) is 8.88. The van der Waals surface area contributed by atoms with Crippen LogP contribution in [0.2, 0.25) is 0 Å². The standard InChI is InChI=1S/C13H15NO4/c1-8(13(16)17)12(15)14-6-5-9-7-10(18-2)3-4-11(9)14/h3-4,7-8H,5-6H2,1-2H3,(H,16,17). The fourth-order valence-electron chi connectivity index (χ4n) is 2.07. The van der Waals surface area contributed by atoms with Crippen molar-refractivity contribution in [3.8, 4) is 5.75 Å². The zero-order valence-corrected chi connectivity index (χ0v) is 10.3. The van der Waals surface area contributed by atoms with Gasteiger partial charge in [0.05, 0.1) is 7.11 Å². The monoisotopic (exact) mass is 249 g/mol. The number of carboxylic acids is 1. The van der Waals surface area contributed by atoms with Crippen LogP contribution < -0.4 is 9.64 Å². The Morgan fingerprint density at radius 1 is 1.44 bits per heavy atom. The molecule has 5 nitrogen and oxygen atoms in total. The minimum absolute atomic E-state index is 0.369. The van der Waals surface area contributed by atoms with Gasteiger partial charge in [0.25, 0.3) is 0 Å². The average molecular weight is 249 g/mol. The number of carbonyl (C=O) groups excluding carboxylic acids is 1. The second kappa shape index (κ2) is 4.68. The molecule has 0 aliphatic carbocycles. The van der Waals surface area contributed by atoms with Crippen LogP contribution in [0.1, 0.15) is 12.5 Å². The van der Waals surface area contributed by atoms with E-state index in [4.69, 9.17) is 9.84 Å². The maximum absolute atomic E-state index is 12.0. The van der Waals surface area contributed by atoms with Crippen molar-refractivity contribution in [2.24, 2.45) is 5.92 Å². The Morgan fingerprint density at radius 2 is 2.17 bits per heavy atom. The van der Waals surface area contributed by atoms with Crippen molar-refractivity contribution >= 4 is 17.6 Å². The normalized spacial score (nSPS) is 15.1. The molecule has 1 atom stereocenters. The quantitative estimate of drug-likeness (QED) is 0.820. The number of carboxylic acid groups (broad SMARTS) is 1. The lowest BCUT2D eigenvalue weighted by Gasteiger charge is -2.19. The molecule has 1 aliphatic heterocycles. The van der Waals surface area contributed by atoms with E-state index in [9.17, 15) is 9.59 Å². The van der Waals surface area contributed by atoms with Crippen LogP contribution in [0.3, 0.4) is 0 Å². The van der Waals surface area contributed by atoms with Gasteiger partial charge in [0.2, 0.25) is 5.91 Å². The molecule has 1 aromatic carbocycles. The van der Waals surface area contributed by atoms with Gasteiger partial charge in [0.15, 0.2) is 0 Å². The van der Waals surface area contributed by atoms with Gasteiger partial charge in [-0.25, -0.2) is 0 Å². The van der Waals surface area contributed by atoms with Gasteiger partial charge in [-0.15, -0.1) is 0 Å². The highest BCUT2D eigenvalue weighted by molar-refractivity contribution is 6.06. The summed E-state index contributed by atoms with van der Waals surface area (Å²) in [6.45, 7) is 1.94. The summed E-state index contributed by atoms with van der Waals surface area (Å²) < 4.78 is 5.12. The number of aliphatic carboxylic acids is 1. The summed E-state index contributed by atoms with van der Waals surface area (Å²) in [7, 11) is 1.59. The van der Waals surface area contributed by atoms with E-state index in [0.717, 1.165) is 23.4 Å². The van der Waals surface area contributed by atoms with Crippen LogP contribution in [0.4, 0.5) is 5.69 Å². The second-order valence-electron chi connectivity index (χ2n) is 4.29. The van der Waals surface area contributed by atoms with Gasteiger partial charge in [0.1, 0.15) is 11.7 Å². The average Bonchev–Trinajstić information content (AvgIpc) is 2.79. The van der Waals surface area contributed by atoms with Gasteiger partial charge in [-0.1, -0.05) is 0 Å². The molecule has 0 spiro atoms. The molecule has 1 amide bonds. The summed E-state index contributed by atoms with van der Waals surface area (Å²) in [6.07, 6.45) is 0.727. The highest BCUT2D eigenvalue weighted by Crippen LogP contribution is 2.32. The van der Waals surface area contributed by atoms with E-state index in [0.29, 0.717) is 6.54 Å². The molecule has 0 radical (unpaired) electrons. The van der Waals surface area contributed by atoms with Crippen LogP contribution >= 0.6 is 0 Å². The number of methoxy groups -OCH3 is 1. The summed E-state index contributed by atoms with van der Waals surface area (Å²) in [5.74, 6) is -1.74. The fraction of sp³-hybridized carbons (Fsp3) is 0.385. The zero-order valence-electron chi connectivity index (χ0n) is 10.3. The Morgan fingerprint density at radius 3 is 2.78 bits per heavy atom. The summed E-state index contributed by atoms with van der Waals surface area (Å²) in [5.41, 5.74) is 1.80. The zero-order chi connectivity index (χ0) is 13.3. The molecule has 18 heavy (non-hydrogen) atoms. The molecule has 1 heterocycles. The SMILES string of the molecule is COc1ccc2c(c1)CCN2C(=O)C(C)C(=O)O. The maximum Gasteiger partial charge on any atom is 0.315 e. The van der Waals surface area contributed by atoms with Crippen molar-refractivity contribution in [2.45, 2.75) is 13.3 Å². The Hall–Kier alpha value is -2.04. The van der Waals surface area contributed by atoms with Crippen molar-refractivity contribution in [3.05, 3.63) is 23.8 Å². The van der Waals surface area contributed by atoms with E-state index >= 15 is 0 Å². The number of benzene rings is 1. The largest absolute Gasteiger partial charge is 0.497 e. The Balaban J connectivity index is 2.26. The molecule has 1 aromatic rings. The third-order valence-corrected chi connectivity index (χ3v) is 3.19. The molecule has 5 heteroatoms. The van der Waals surface area contributed by atoms with Gasteiger partial charge in [-0.2, -0.15) is 0 Å². The number of amides is 1. The molecule has 1 aliphatic rings. The smallest absolute Gasteiger partial charge is 0.315 e. The Kier molecular flexibility index (Phi) is 3.23. The minimum Gasteiger partial charge on any atom is -0.497 e. The maximum atomic E-state index is 12.0. The third-order valence-electron chi connectivity index (χ3n) is 3.19. The first kappa shape index (κ1) is 12.4.